The van der Waals surface area contributed by atoms with Crippen LogP contribution < -0.4 is 4.74 Å². The Labute approximate surface area is 217 Å². The molecule has 2 aliphatic heterocycles. The van der Waals surface area contributed by atoms with Crippen LogP contribution in [0.25, 0.3) is 0 Å². The lowest BCUT2D eigenvalue weighted by molar-refractivity contribution is -0.166. The first-order valence-corrected chi connectivity index (χ1v) is 12.9. The molecule has 2 aromatic carbocycles. The summed E-state index contributed by atoms with van der Waals surface area (Å²) in [6.45, 7) is 4.74. The van der Waals surface area contributed by atoms with E-state index in [2.05, 4.69) is 0 Å². The molecule has 2 heterocycles. The molecule has 2 amide bonds. The Kier molecular flexibility index (Phi) is 8.58. The van der Waals surface area contributed by atoms with Gasteiger partial charge >= 0.3 is 0 Å². The van der Waals surface area contributed by atoms with Gasteiger partial charge in [-0.25, -0.2) is 0 Å². The molecule has 0 radical (unpaired) electrons. The molecule has 0 spiro atoms. The quantitative estimate of drug-likeness (QED) is 0.521. The molecule has 0 unspecified atom stereocenters. The number of rotatable bonds is 7. The number of benzene rings is 2. The van der Waals surface area contributed by atoms with Gasteiger partial charge in [-0.1, -0.05) is 35.3 Å². The standard InChI is InChI=1S/C27H32Cl2N2O4/c1-20-15-23(9-10-24(20)29)34-19-27(17-26(33)30-11-3-2-4-12-30)18-31(13-14-35-27)25(32)16-21-5-7-22(28)8-6-21/h5-10,15H,2-4,11-14,16-19H2,1H3/t27-/m0/s1. The number of hydrogen-bond acceptors (Lipinski definition) is 4. The van der Waals surface area contributed by atoms with E-state index in [1.807, 2.05) is 36.1 Å². The minimum atomic E-state index is -0.921. The number of ether oxygens (including phenoxy) is 2. The van der Waals surface area contributed by atoms with E-state index >= 15 is 0 Å². The summed E-state index contributed by atoms with van der Waals surface area (Å²) < 4.78 is 12.4. The number of piperidine rings is 1. The lowest BCUT2D eigenvalue weighted by Crippen LogP contribution is -2.58. The highest BCUT2D eigenvalue weighted by Crippen LogP contribution is 2.28. The summed E-state index contributed by atoms with van der Waals surface area (Å²) in [6, 6.07) is 12.8. The van der Waals surface area contributed by atoms with Crippen molar-refractivity contribution in [1.82, 2.24) is 9.80 Å². The largest absolute Gasteiger partial charge is 0.490 e. The van der Waals surface area contributed by atoms with E-state index in [4.69, 9.17) is 32.7 Å². The fraction of sp³-hybridized carbons (Fsp3) is 0.481. The monoisotopic (exact) mass is 518 g/mol. The number of amides is 2. The molecule has 1 atom stereocenters. The Bertz CT molecular complexity index is 1040. The van der Waals surface area contributed by atoms with Gasteiger partial charge in [0.1, 0.15) is 18.0 Å². The summed E-state index contributed by atoms with van der Waals surface area (Å²) in [5.74, 6) is 0.699. The van der Waals surface area contributed by atoms with Crippen molar-refractivity contribution in [3.05, 3.63) is 63.6 Å². The van der Waals surface area contributed by atoms with Gasteiger partial charge in [-0.2, -0.15) is 0 Å². The van der Waals surface area contributed by atoms with Gasteiger partial charge in [0.25, 0.3) is 0 Å². The number of carbonyl (C=O) groups excluding carboxylic acids is 2. The molecule has 0 aromatic heterocycles. The van der Waals surface area contributed by atoms with E-state index in [9.17, 15) is 9.59 Å². The molecule has 4 rings (SSSR count). The van der Waals surface area contributed by atoms with Gasteiger partial charge in [-0.3, -0.25) is 9.59 Å². The summed E-state index contributed by atoms with van der Waals surface area (Å²) in [7, 11) is 0. The van der Waals surface area contributed by atoms with Crippen molar-refractivity contribution in [1.29, 1.82) is 0 Å². The van der Waals surface area contributed by atoms with Gasteiger partial charge in [0.05, 0.1) is 26.0 Å². The van der Waals surface area contributed by atoms with Crippen molar-refractivity contribution in [2.24, 2.45) is 0 Å². The van der Waals surface area contributed by atoms with Gasteiger partial charge in [-0.15, -0.1) is 0 Å². The second kappa shape index (κ2) is 11.6. The lowest BCUT2D eigenvalue weighted by atomic mass is 9.95. The van der Waals surface area contributed by atoms with Crippen molar-refractivity contribution < 1.29 is 19.1 Å². The van der Waals surface area contributed by atoms with Crippen LogP contribution in [-0.4, -0.2) is 66.6 Å². The molecule has 0 N–H and O–H groups in total. The summed E-state index contributed by atoms with van der Waals surface area (Å²) in [6.07, 6.45) is 3.63. The predicted molar refractivity (Wildman–Crippen MR) is 137 cm³/mol. The van der Waals surface area contributed by atoms with Crippen LogP contribution in [-0.2, 0) is 20.7 Å². The molecule has 35 heavy (non-hydrogen) atoms. The Hall–Kier alpha value is -2.28. The smallest absolute Gasteiger partial charge is 0.227 e. The zero-order valence-corrected chi connectivity index (χ0v) is 21.6. The minimum Gasteiger partial charge on any atom is -0.490 e. The number of nitrogens with zero attached hydrogens (tertiary/aromatic N) is 2. The highest BCUT2D eigenvalue weighted by atomic mass is 35.5. The van der Waals surface area contributed by atoms with E-state index < -0.39 is 5.60 Å². The normalized spacial score (nSPS) is 20.5. The number of carbonyl (C=O) groups is 2. The predicted octanol–water partition coefficient (Wildman–Crippen LogP) is 4.92. The lowest BCUT2D eigenvalue weighted by Gasteiger charge is -2.43. The molecule has 0 saturated carbocycles. The van der Waals surface area contributed by atoms with Crippen LogP contribution in [0.3, 0.4) is 0 Å². The van der Waals surface area contributed by atoms with Crippen LogP contribution in [0.1, 0.15) is 36.8 Å². The van der Waals surface area contributed by atoms with Crippen molar-refractivity contribution in [2.75, 3.05) is 39.4 Å². The summed E-state index contributed by atoms with van der Waals surface area (Å²) in [5, 5.41) is 1.30. The molecule has 0 aliphatic carbocycles. The average Bonchev–Trinajstić information content (AvgIpc) is 2.87. The summed E-state index contributed by atoms with van der Waals surface area (Å²) in [4.78, 5) is 30.1. The molecule has 6 nitrogen and oxygen atoms in total. The number of hydrogen-bond donors (Lipinski definition) is 0. The Morgan fingerprint density at radius 2 is 1.71 bits per heavy atom. The molecular weight excluding hydrogens is 487 g/mol. The molecule has 8 heteroatoms. The van der Waals surface area contributed by atoms with E-state index in [1.54, 1.807) is 23.1 Å². The second-order valence-corrected chi connectivity index (χ2v) is 10.3. The van der Waals surface area contributed by atoms with E-state index in [0.717, 1.165) is 43.5 Å². The highest BCUT2D eigenvalue weighted by molar-refractivity contribution is 6.31. The van der Waals surface area contributed by atoms with Crippen molar-refractivity contribution in [3.63, 3.8) is 0 Å². The maximum absolute atomic E-state index is 13.2. The van der Waals surface area contributed by atoms with E-state index in [0.29, 0.717) is 35.5 Å². The zero-order chi connectivity index (χ0) is 24.8. The van der Waals surface area contributed by atoms with Crippen molar-refractivity contribution >= 4 is 35.0 Å². The number of halogens is 2. The molecule has 2 saturated heterocycles. The first-order chi connectivity index (χ1) is 16.8. The van der Waals surface area contributed by atoms with Crippen molar-refractivity contribution in [2.45, 2.75) is 44.6 Å². The molecule has 2 aromatic rings. The van der Waals surface area contributed by atoms with Gasteiger partial charge in [0, 0.05) is 29.7 Å². The van der Waals surface area contributed by atoms with E-state index in [1.165, 1.54) is 0 Å². The van der Waals surface area contributed by atoms with Crippen LogP contribution in [0.2, 0.25) is 10.0 Å². The number of aryl methyl sites for hydroxylation is 1. The fourth-order valence-electron chi connectivity index (χ4n) is 4.64. The second-order valence-electron chi connectivity index (χ2n) is 9.47. The van der Waals surface area contributed by atoms with Gasteiger partial charge in [0.15, 0.2) is 0 Å². The third-order valence-electron chi connectivity index (χ3n) is 6.68. The van der Waals surface area contributed by atoms with Crippen LogP contribution in [0, 0.1) is 6.92 Å². The fourth-order valence-corrected chi connectivity index (χ4v) is 4.89. The van der Waals surface area contributed by atoms with Gasteiger partial charge < -0.3 is 19.3 Å². The van der Waals surface area contributed by atoms with Crippen LogP contribution >= 0.6 is 23.2 Å². The Balaban J connectivity index is 1.49. The first kappa shape index (κ1) is 25.8. The van der Waals surface area contributed by atoms with Crippen LogP contribution in [0.15, 0.2) is 42.5 Å². The summed E-state index contributed by atoms with van der Waals surface area (Å²) in [5.41, 5.74) is 0.886. The molecule has 0 bridgehead atoms. The van der Waals surface area contributed by atoms with E-state index in [-0.39, 0.29) is 31.3 Å². The first-order valence-electron chi connectivity index (χ1n) is 12.2. The summed E-state index contributed by atoms with van der Waals surface area (Å²) >= 11 is 12.1. The molecule has 2 aliphatic rings. The van der Waals surface area contributed by atoms with Crippen molar-refractivity contribution in [3.8, 4) is 5.75 Å². The maximum atomic E-state index is 13.2. The maximum Gasteiger partial charge on any atom is 0.227 e. The van der Waals surface area contributed by atoms with Gasteiger partial charge in [0.2, 0.25) is 11.8 Å². The Morgan fingerprint density at radius 3 is 2.43 bits per heavy atom. The highest BCUT2D eigenvalue weighted by Gasteiger charge is 2.42. The zero-order valence-electron chi connectivity index (χ0n) is 20.1. The van der Waals surface area contributed by atoms with Gasteiger partial charge in [-0.05, 0) is 67.6 Å². The Morgan fingerprint density at radius 1 is 0.971 bits per heavy atom. The topological polar surface area (TPSA) is 59.1 Å². The third kappa shape index (κ3) is 6.90. The molecule has 2 fully saturated rings. The van der Waals surface area contributed by atoms with Crippen LogP contribution in [0.5, 0.6) is 5.75 Å². The average molecular weight is 519 g/mol. The van der Waals surface area contributed by atoms with Crippen LogP contribution in [0.4, 0.5) is 0 Å². The SMILES string of the molecule is Cc1cc(OC[C@]2(CC(=O)N3CCCCC3)CN(C(=O)Cc3ccc(Cl)cc3)CCO2)ccc1Cl. The number of likely N-dealkylation sites (tertiary alicyclic amines) is 1. The molecule has 188 valence electrons. The number of morpholine rings is 1. The third-order valence-corrected chi connectivity index (χ3v) is 7.36. The molecular formula is C27H32Cl2N2O4. The minimum absolute atomic E-state index is 0.00671.